The van der Waals surface area contributed by atoms with E-state index >= 15 is 0 Å². The fraction of sp³-hybridized carbons (Fsp3) is 0.600. The van der Waals surface area contributed by atoms with Crippen molar-refractivity contribution in [2.45, 2.75) is 64.7 Å². The Kier molecular flexibility index (Phi) is 12.2. The van der Waals surface area contributed by atoms with Crippen molar-refractivity contribution in [1.29, 1.82) is 0 Å². The third-order valence-electron chi connectivity index (χ3n) is 3.97. The average molecular weight is 403 g/mol. The molecule has 0 N–H and O–H groups in total. The highest BCUT2D eigenvalue weighted by Gasteiger charge is 2.06. The minimum atomic E-state index is -0.169. The van der Waals surface area contributed by atoms with Crippen LogP contribution in [0, 0.1) is 0 Å². The molecule has 6 heteroatoms. The lowest BCUT2D eigenvalue weighted by molar-refractivity contribution is -0.144. The van der Waals surface area contributed by atoms with E-state index in [4.69, 9.17) is 32.7 Å². The molecule has 1 rings (SSSR count). The second-order valence-electron chi connectivity index (χ2n) is 6.13. The number of benzene rings is 1. The summed E-state index contributed by atoms with van der Waals surface area (Å²) in [6.07, 6.45) is 7.38. The third-order valence-corrected chi connectivity index (χ3v) is 4.55. The predicted molar refractivity (Wildman–Crippen MR) is 105 cm³/mol. The van der Waals surface area contributed by atoms with Crippen LogP contribution in [0.1, 0.15) is 63.9 Å². The number of unbranched alkanes of at least 4 members (excludes halogenated alkanes) is 5. The second kappa shape index (κ2) is 13.9. The maximum absolute atomic E-state index is 11.7. The van der Waals surface area contributed by atoms with Gasteiger partial charge in [-0.25, -0.2) is 0 Å². The first-order chi connectivity index (χ1) is 12.5. The van der Waals surface area contributed by atoms with E-state index in [1.54, 1.807) is 12.1 Å². The molecule has 0 aliphatic rings. The molecule has 146 valence electrons. The summed E-state index contributed by atoms with van der Waals surface area (Å²) in [7, 11) is 0. The molecule has 0 bridgehead atoms. The molecule has 0 atom stereocenters. The number of carbonyl (C=O) groups excluding carboxylic acids is 2. The van der Waals surface area contributed by atoms with E-state index in [0.29, 0.717) is 42.5 Å². The van der Waals surface area contributed by atoms with Crippen LogP contribution in [0.3, 0.4) is 0 Å². The first-order valence-corrected chi connectivity index (χ1v) is 10.0. The predicted octanol–water partition coefficient (Wildman–Crippen LogP) is 5.76. The van der Waals surface area contributed by atoms with Crippen molar-refractivity contribution >= 4 is 35.1 Å². The fourth-order valence-corrected chi connectivity index (χ4v) is 3.05. The Labute approximate surface area is 166 Å². The summed E-state index contributed by atoms with van der Waals surface area (Å²) in [4.78, 5) is 22.9. The van der Waals surface area contributed by atoms with Crippen LogP contribution in [0.5, 0.6) is 0 Å². The summed E-state index contributed by atoms with van der Waals surface area (Å²) in [6.45, 7) is 2.59. The lowest BCUT2D eigenvalue weighted by atomic mass is 10.1. The summed E-state index contributed by atoms with van der Waals surface area (Å²) in [5.74, 6) is -0.285. The Morgan fingerprint density at radius 3 is 2.04 bits per heavy atom. The molecule has 0 unspecified atom stereocenters. The Balaban J connectivity index is 1.98. The highest BCUT2D eigenvalue weighted by Crippen LogP contribution is 2.21. The molecule has 0 saturated heterocycles. The van der Waals surface area contributed by atoms with Crippen molar-refractivity contribution in [3.8, 4) is 0 Å². The molecule has 0 aromatic heterocycles. The average Bonchev–Trinajstić information content (AvgIpc) is 2.59. The number of carbonyl (C=O) groups is 2. The molecule has 0 fully saturated rings. The number of esters is 2. The van der Waals surface area contributed by atoms with Crippen LogP contribution in [0.25, 0.3) is 0 Å². The van der Waals surface area contributed by atoms with Gasteiger partial charge in [0, 0.05) is 29.3 Å². The molecule has 4 nitrogen and oxygen atoms in total. The van der Waals surface area contributed by atoms with E-state index in [2.05, 4.69) is 0 Å². The Bertz CT molecular complexity index is 561. The summed E-state index contributed by atoms with van der Waals surface area (Å²) in [6, 6.07) is 5.31. The molecule has 0 spiro atoms. The van der Waals surface area contributed by atoms with E-state index < -0.39 is 0 Å². The maximum Gasteiger partial charge on any atom is 0.305 e. The molecule has 0 aliphatic carbocycles. The molecule has 0 amide bonds. The maximum atomic E-state index is 11.7. The Morgan fingerprint density at radius 2 is 1.46 bits per heavy atom. The number of halogens is 2. The van der Waals surface area contributed by atoms with Crippen molar-refractivity contribution in [3.05, 3.63) is 33.8 Å². The van der Waals surface area contributed by atoms with Crippen LogP contribution in [0.15, 0.2) is 18.2 Å². The molecule has 0 radical (unpaired) electrons. The molecule has 0 heterocycles. The van der Waals surface area contributed by atoms with Crippen LogP contribution < -0.4 is 0 Å². The minimum Gasteiger partial charge on any atom is -0.466 e. The van der Waals surface area contributed by atoms with Gasteiger partial charge < -0.3 is 9.47 Å². The molecular weight excluding hydrogens is 375 g/mol. The van der Waals surface area contributed by atoms with Gasteiger partial charge in [-0.1, -0.05) is 55.0 Å². The van der Waals surface area contributed by atoms with E-state index in [-0.39, 0.29) is 11.9 Å². The van der Waals surface area contributed by atoms with Crippen LogP contribution in [0.2, 0.25) is 10.0 Å². The largest absolute Gasteiger partial charge is 0.466 e. The minimum absolute atomic E-state index is 0.116. The highest BCUT2D eigenvalue weighted by atomic mass is 35.5. The van der Waals surface area contributed by atoms with E-state index in [9.17, 15) is 9.59 Å². The van der Waals surface area contributed by atoms with E-state index in [1.165, 1.54) is 0 Å². The quantitative estimate of drug-likeness (QED) is 0.310. The van der Waals surface area contributed by atoms with Crippen LogP contribution in [-0.4, -0.2) is 25.2 Å². The zero-order chi connectivity index (χ0) is 19.2. The number of rotatable bonds is 13. The summed E-state index contributed by atoms with van der Waals surface area (Å²) in [5, 5.41) is 1.19. The number of ether oxygens (including phenoxy) is 2. The summed E-state index contributed by atoms with van der Waals surface area (Å²) < 4.78 is 10.1. The monoisotopic (exact) mass is 402 g/mol. The first kappa shape index (κ1) is 22.8. The van der Waals surface area contributed by atoms with Gasteiger partial charge in [-0.05, 0) is 37.5 Å². The van der Waals surface area contributed by atoms with Crippen molar-refractivity contribution in [3.63, 3.8) is 0 Å². The van der Waals surface area contributed by atoms with Gasteiger partial charge in [0.25, 0.3) is 0 Å². The lowest BCUT2D eigenvalue weighted by Gasteiger charge is -2.07. The van der Waals surface area contributed by atoms with E-state index in [0.717, 1.165) is 44.1 Å². The zero-order valence-corrected chi connectivity index (χ0v) is 16.9. The van der Waals surface area contributed by atoms with Gasteiger partial charge in [-0.3, -0.25) is 9.59 Å². The molecular formula is C20H28Cl2O4. The topological polar surface area (TPSA) is 52.6 Å². The summed E-state index contributed by atoms with van der Waals surface area (Å²) in [5.41, 5.74) is 0.923. The van der Waals surface area contributed by atoms with Gasteiger partial charge in [0.15, 0.2) is 0 Å². The molecule has 0 aliphatic heterocycles. The zero-order valence-electron chi connectivity index (χ0n) is 15.4. The standard InChI is InChI=1S/C20H28Cl2O4/c1-2-25-19(23)9-7-5-3-4-6-8-10-20(24)26-14-13-16-11-12-17(21)15-18(16)22/h11-12,15H,2-10,13-14H2,1H3. The number of hydrogen-bond donors (Lipinski definition) is 0. The molecule has 1 aromatic carbocycles. The second-order valence-corrected chi connectivity index (χ2v) is 6.98. The first-order valence-electron chi connectivity index (χ1n) is 9.28. The van der Waals surface area contributed by atoms with E-state index in [1.807, 2.05) is 13.0 Å². The van der Waals surface area contributed by atoms with Crippen LogP contribution in [-0.2, 0) is 25.5 Å². The highest BCUT2D eigenvalue weighted by molar-refractivity contribution is 6.35. The van der Waals surface area contributed by atoms with Gasteiger partial charge in [0.05, 0.1) is 13.2 Å². The fourth-order valence-electron chi connectivity index (χ4n) is 2.55. The third kappa shape index (κ3) is 10.7. The Hall–Kier alpha value is -1.26. The van der Waals surface area contributed by atoms with Gasteiger partial charge in [0.1, 0.15) is 0 Å². The molecule has 1 aromatic rings. The van der Waals surface area contributed by atoms with Crippen molar-refractivity contribution in [1.82, 2.24) is 0 Å². The van der Waals surface area contributed by atoms with Gasteiger partial charge in [0.2, 0.25) is 0 Å². The SMILES string of the molecule is CCOC(=O)CCCCCCCCC(=O)OCCc1ccc(Cl)cc1Cl. The normalized spacial score (nSPS) is 10.6. The van der Waals surface area contributed by atoms with Crippen molar-refractivity contribution in [2.75, 3.05) is 13.2 Å². The lowest BCUT2D eigenvalue weighted by Crippen LogP contribution is -2.07. The smallest absolute Gasteiger partial charge is 0.305 e. The van der Waals surface area contributed by atoms with Crippen molar-refractivity contribution in [2.24, 2.45) is 0 Å². The molecule has 0 saturated carbocycles. The van der Waals surface area contributed by atoms with Crippen LogP contribution in [0.4, 0.5) is 0 Å². The van der Waals surface area contributed by atoms with Crippen molar-refractivity contribution < 1.29 is 19.1 Å². The van der Waals surface area contributed by atoms with Gasteiger partial charge >= 0.3 is 11.9 Å². The van der Waals surface area contributed by atoms with Gasteiger partial charge in [-0.2, -0.15) is 0 Å². The van der Waals surface area contributed by atoms with Gasteiger partial charge in [-0.15, -0.1) is 0 Å². The summed E-state index contributed by atoms with van der Waals surface area (Å²) >= 11 is 11.9. The Morgan fingerprint density at radius 1 is 0.885 bits per heavy atom. The molecule has 26 heavy (non-hydrogen) atoms. The number of hydrogen-bond acceptors (Lipinski definition) is 4. The van der Waals surface area contributed by atoms with Crippen LogP contribution >= 0.6 is 23.2 Å².